The van der Waals surface area contributed by atoms with Crippen molar-refractivity contribution in [3.05, 3.63) is 156 Å². The molecule has 0 nitrogen and oxygen atoms in total. The highest BCUT2D eigenvalue weighted by atomic mass is 14.8. The maximum atomic E-state index is 4.46. The fraction of sp³-hybridized carbons (Fsp3) is 0.794. The second-order valence-corrected chi connectivity index (χ2v) is 53.8. The molecule has 18 fully saturated rings. The van der Waals surface area contributed by atoms with Gasteiger partial charge in [-0.15, -0.1) is 0 Å². The fourth-order valence-electron chi connectivity index (χ4n) is 36.5. The Labute approximate surface area is 781 Å². The number of allylic oxidation sites excluding steroid dienone is 17. The Kier molecular flexibility index (Phi) is 29.5. The van der Waals surface area contributed by atoms with Gasteiger partial charge in [0.05, 0.1) is 0 Å². The Bertz CT molecular complexity index is 4150. The highest BCUT2D eigenvalue weighted by molar-refractivity contribution is 5.35. The third-order valence-electron chi connectivity index (χ3n) is 45.7. The lowest BCUT2D eigenvalue weighted by Gasteiger charge is -2.53. The van der Waals surface area contributed by atoms with Crippen LogP contribution in [0, 0.1) is 190 Å². The highest BCUT2D eigenvalue weighted by Gasteiger charge is 2.71. The SMILES string of the molecule is C=C(C)[C@@H]1CCC2=CCC[C@@H](C)[C@]2(C)C1.C=C(C)[C@@]12CCC[C@@]3(C)C1CC[C@@]3(C)C2.C=C(C)[C@H]1CC=C(C)CC1.C=C1C2CCC3(C2)[C@H](C(C)C)CC[C@]13C.C=C1C2CCC3C2C(C)(C)CCC[C@@]13C.C=C1CC/C=C(\C)CC[C@@H]2[C@@H]1CC2(C)C.C=C1CCC2CC2C2C(C)CCC12.C=C1CCCC[C@]12CC=C(C)CC2.C=C1CC[C@@H]2[C@H]([C@@H]3[C@H](C)CC[C@@H]13)C2(C)C. The van der Waals surface area contributed by atoms with Gasteiger partial charge in [-0.05, 0) is 501 Å². The van der Waals surface area contributed by atoms with Crippen molar-refractivity contribution in [3.63, 3.8) is 0 Å². The van der Waals surface area contributed by atoms with E-state index in [2.05, 4.69) is 236 Å². The molecule has 704 valence electrons. The van der Waals surface area contributed by atoms with Gasteiger partial charge in [-0.2, -0.15) is 0 Å². The van der Waals surface area contributed by atoms with E-state index in [0.717, 1.165) is 130 Å². The molecule has 0 aromatic carbocycles. The van der Waals surface area contributed by atoms with Gasteiger partial charge in [-0.25, -0.2) is 0 Å². The van der Waals surface area contributed by atoms with E-state index in [1.807, 2.05) is 0 Å². The van der Waals surface area contributed by atoms with E-state index in [1.54, 1.807) is 56.6 Å². The standard InChI is InChI=1S/6C15H24.2C13H20.C10H16/c1-10(2)13-6-7-14(4)11(3)12-5-8-15(13,14)9-12;1-10-11-6-7-12-13(11)14(2,3)8-5-9-15(10,12)4;1-9-6-8-12-14(15(12,3)4)13-10(2)5-7-11(9)13;1-11(2)15-8-5-7-14(4)12(15)6-9-13(14,3)10-15;1-11-6-5-7-12(2)13-10-15(3,4)14(13)9-8-11;1-11(2)13-8-9-14-7-5-6-12(3)15(14,4)10-13;1-8-3-5-10-7-12(10)13-9(2)4-6-11(8)13;1-11-6-9-13(10-7-11)8-4-3-5-12(13)2;1-8(2)10-6-4-9(3)5-7-10/h10,12-13H,3,5-9H2,1-2,4H3;11-13H,1,5-9H2,2-4H3;10-14H,1,5-8H2,2-4H3;12H,1,5-10H2,2-4H3;6,13-14H,2,5,7-10H2,1,3-4H3;7,12-13H,1,5-6,8-10H2,2-4H3;9-13H,1,3-7H2,2H3;6H,2-5,7-10H2,1H3;4,10H,1,5-7H2,2-3H3/b;;;;11-6+;;;;/t12?,13-,14+,15?;11?,12?,13?,15-;10-,11+,12-,13-,14-;12?,13-,14-,15-;13-,14-;12-,13-,15+;;13-;10-/m001011.10/s1. The second-order valence-electron chi connectivity index (χ2n) is 53.8. The smallest absolute Gasteiger partial charge is 0.00532 e. The van der Waals surface area contributed by atoms with Gasteiger partial charge in [0.1, 0.15) is 0 Å². The lowest BCUT2D eigenvalue weighted by Crippen LogP contribution is -2.44. The summed E-state index contributed by atoms with van der Waals surface area (Å²) >= 11 is 0. The molecule has 0 radical (unpaired) electrons. The molecule has 22 aliphatic carbocycles. The van der Waals surface area contributed by atoms with Crippen molar-refractivity contribution in [2.75, 3.05) is 0 Å². The van der Waals surface area contributed by atoms with Gasteiger partial charge in [0.15, 0.2) is 0 Å². The molecule has 18 saturated carbocycles. The molecule has 10 bridgehead atoms. The van der Waals surface area contributed by atoms with Crippen LogP contribution in [-0.2, 0) is 0 Å². The van der Waals surface area contributed by atoms with Crippen LogP contribution in [0.25, 0.3) is 0 Å². The Hall–Kier alpha value is -3.38. The first-order chi connectivity index (χ1) is 59.2. The molecule has 11 unspecified atom stereocenters. The van der Waals surface area contributed by atoms with Crippen molar-refractivity contribution in [3.8, 4) is 0 Å². The summed E-state index contributed by atoms with van der Waals surface area (Å²) in [7, 11) is 0. The molecule has 0 heteroatoms. The zero-order valence-electron chi connectivity index (χ0n) is 87.2. The van der Waals surface area contributed by atoms with Crippen molar-refractivity contribution in [1.82, 2.24) is 0 Å². The van der Waals surface area contributed by atoms with Crippen LogP contribution >= 0.6 is 0 Å². The quantitative estimate of drug-likeness (QED) is 0.246. The van der Waals surface area contributed by atoms with Crippen molar-refractivity contribution in [1.29, 1.82) is 0 Å². The predicted molar refractivity (Wildman–Crippen MR) is 551 cm³/mol. The summed E-state index contributed by atoms with van der Waals surface area (Å²) in [5, 5.41) is 0. The summed E-state index contributed by atoms with van der Waals surface area (Å²) in [6.45, 7) is 91.8. The van der Waals surface area contributed by atoms with Gasteiger partial charge in [-0.1, -0.05) is 286 Å². The van der Waals surface area contributed by atoms with Gasteiger partial charge in [0.2, 0.25) is 0 Å². The molecule has 0 heterocycles. The Morgan fingerprint density at radius 2 is 1.08 bits per heavy atom. The maximum absolute atomic E-state index is 4.46. The predicted octanol–water partition coefficient (Wildman–Crippen LogP) is 38.3. The topological polar surface area (TPSA) is 0 Å². The number of hydrogen-bond donors (Lipinski definition) is 0. The van der Waals surface area contributed by atoms with Crippen LogP contribution in [0.2, 0.25) is 0 Å². The van der Waals surface area contributed by atoms with Crippen LogP contribution in [-0.4, -0.2) is 0 Å². The van der Waals surface area contributed by atoms with Crippen molar-refractivity contribution in [2.24, 2.45) is 190 Å². The summed E-state index contributed by atoms with van der Waals surface area (Å²) in [4.78, 5) is 0. The molecule has 126 heavy (non-hydrogen) atoms. The van der Waals surface area contributed by atoms with Crippen LogP contribution in [0.4, 0.5) is 0 Å². The molecular formula is C126H200. The second kappa shape index (κ2) is 37.7. The lowest BCUT2D eigenvalue weighted by atomic mass is 9.52. The fourth-order valence-corrected chi connectivity index (χ4v) is 36.5. The molecule has 22 aliphatic rings. The summed E-state index contributed by atoms with van der Waals surface area (Å²) in [5.74, 6) is 20.7. The van der Waals surface area contributed by atoms with Crippen molar-refractivity contribution >= 4 is 0 Å². The van der Waals surface area contributed by atoms with E-state index in [1.165, 1.54) is 305 Å². The van der Waals surface area contributed by atoms with Crippen LogP contribution in [0.3, 0.4) is 0 Å². The normalized spacial score (nSPS) is 46.1. The molecule has 0 aliphatic heterocycles. The van der Waals surface area contributed by atoms with Crippen LogP contribution in [0.1, 0.15) is 441 Å². The summed E-state index contributed by atoms with van der Waals surface area (Å²) < 4.78 is 0. The Morgan fingerprint density at radius 1 is 0.444 bits per heavy atom. The number of rotatable bonds is 4. The summed E-state index contributed by atoms with van der Waals surface area (Å²) in [6.07, 6.45) is 72.3. The molecule has 29 atom stereocenters. The van der Waals surface area contributed by atoms with Crippen molar-refractivity contribution in [2.45, 2.75) is 441 Å². The van der Waals surface area contributed by atoms with Gasteiger partial charge in [0, 0.05) is 0 Å². The minimum absolute atomic E-state index is 0.486. The average molecular weight is 1710 g/mol. The summed E-state index contributed by atoms with van der Waals surface area (Å²) in [6, 6.07) is 0. The third kappa shape index (κ3) is 18.4. The maximum Gasteiger partial charge on any atom is -0.00532 e. The van der Waals surface area contributed by atoms with Gasteiger partial charge >= 0.3 is 0 Å². The lowest BCUT2D eigenvalue weighted by molar-refractivity contribution is 0.00384. The molecule has 2 spiro atoms. The Morgan fingerprint density at radius 3 is 1.72 bits per heavy atom. The van der Waals surface area contributed by atoms with Crippen LogP contribution < -0.4 is 0 Å². The Balaban J connectivity index is 0.000000115. The molecule has 0 aromatic rings. The molecule has 0 aromatic heterocycles. The van der Waals surface area contributed by atoms with Crippen LogP contribution in [0.5, 0.6) is 0 Å². The molecular weight excluding hydrogens is 1510 g/mol. The minimum Gasteiger partial charge on any atom is -0.0999 e. The first kappa shape index (κ1) is 98.6. The number of fused-ring (bicyclic) bond motifs is 9. The first-order valence-electron chi connectivity index (χ1n) is 54.9. The molecule has 0 N–H and O–H groups in total. The monoisotopic (exact) mass is 1710 g/mol. The van der Waals surface area contributed by atoms with Gasteiger partial charge < -0.3 is 0 Å². The van der Waals surface area contributed by atoms with Crippen LogP contribution in [0.15, 0.2) is 156 Å². The van der Waals surface area contributed by atoms with E-state index in [4.69, 9.17) is 0 Å². The molecule has 0 saturated heterocycles. The first-order valence-corrected chi connectivity index (χ1v) is 54.9. The van der Waals surface area contributed by atoms with E-state index in [9.17, 15) is 0 Å². The van der Waals surface area contributed by atoms with Gasteiger partial charge in [-0.3, -0.25) is 0 Å². The van der Waals surface area contributed by atoms with E-state index in [-0.39, 0.29) is 0 Å². The summed E-state index contributed by atoms with van der Waals surface area (Å²) in [5.41, 5.74) is 26.5. The van der Waals surface area contributed by atoms with Gasteiger partial charge in [0.25, 0.3) is 0 Å². The minimum atomic E-state index is 0.486. The van der Waals surface area contributed by atoms with E-state index < -0.39 is 0 Å². The molecule has 22 rings (SSSR count). The zero-order valence-corrected chi connectivity index (χ0v) is 87.2. The highest BCUT2D eigenvalue weighted by Crippen LogP contribution is 2.80. The average Bonchev–Trinajstić information content (AvgIpc) is 1.51. The third-order valence-corrected chi connectivity index (χ3v) is 45.7. The zero-order chi connectivity index (χ0) is 91.4. The van der Waals surface area contributed by atoms with E-state index in [0.29, 0.717) is 59.6 Å². The van der Waals surface area contributed by atoms with Crippen molar-refractivity contribution < 1.29 is 0 Å². The molecule has 0 amide bonds. The van der Waals surface area contributed by atoms with E-state index >= 15 is 0 Å². The number of hydrogen-bond acceptors (Lipinski definition) is 0. The largest absolute Gasteiger partial charge is 0.0999 e.